The van der Waals surface area contributed by atoms with Gasteiger partial charge in [-0.25, -0.2) is 14.1 Å². The van der Waals surface area contributed by atoms with Crippen LogP contribution in [0.2, 0.25) is 0 Å². The second kappa shape index (κ2) is 6.49. The Morgan fingerprint density at radius 3 is 2.50 bits per heavy atom. The Hall–Kier alpha value is -3.22. The number of carbonyl (C=O) groups is 1. The summed E-state index contributed by atoms with van der Waals surface area (Å²) in [6.07, 6.45) is 3.24. The first-order valence-electron chi connectivity index (χ1n) is 7.29. The van der Waals surface area contributed by atoms with Crippen LogP contribution in [-0.2, 0) is 0 Å². The maximum absolute atomic E-state index is 13.0. The van der Waals surface area contributed by atoms with Gasteiger partial charge in [0.1, 0.15) is 11.6 Å². The molecule has 1 aromatic carbocycles. The minimum absolute atomic E-state index is 0.260. The Kier molecular flexibility index (Phi) is 4.24. The third-order valence-electron chi connectivity index (χ3n) is 3.38. The van der Waals surface area contributed by atoms with Crippen LogP contribution in [0.15, 0.2) is 54.9 Å². The zero-order valence-corrected chi connectivity index (χ0v) is 13.3. The standard InChI is InChI=1S/C17H16FN5O/c1-22(2)16-8-5-13(11-19-16)20-17(24)15-9-10-23(21-15)14-6-3-12(18)4-7-14/h3-11H,1-2H3,(H,20,24). The van der Waals surface area contributed by atoms with Crippen molar-refractivity contribution in [3.63, 3.8) is 0 Å². The van der Waals surface area contributed by atoms with Gasteiger partial charge in [-0.05, 0) is 42.5 Å². The van der Waals surface area contributed by atoms with Gasteiger partial charge in [0.15, 0.2) is 5.69 Å². The minimum atomic E-state index is -0.338. The number of nitrogens with one attached hydrogen (secondary N) is 1. The SMILES string of the molecule is CN(C)c1ccc(NC(=O)c2ccn(-c3ccc(F)cc3)n2)cn1. The van der Waals surface area contributed by atoms with Crippen molar-refractivity contribution < 1.29 is 9.18 Å². The van der Waals surface area contributed by atoms with Gasteiger partial charge in [-0.1, -0.05) is 0 Å². The molecule has 24 heavy (non-hydrogen) atoms. The number of nitrogens with zero attached hydrogens (tertiary/aromatic N) is 4. The quantitative estimate of drug-likeness (QED) is 0.801. The fraction of sp³-hybridized carbons (Fsp3) is 0.118. The predicted molar refractivity (Wildman–Crippen MR) is 90.0 cm³/mol. The lowest BCUT2D eigenvalue weighted by Gasteiger charge is -2.11. The second-order valence-corrected chi connectivity index (χ2v) is 5.38. The van der Waals surface area contributed by atoms with Crippen molar-refractivity contribution in [3.05, 3.63) is 66.4 Å². The first-order chi connectivity index (χ1) is 11.5. The van der Waals surface area contributed by atoms with Gasteiger partial charge in [0.2, 0.25) is 0 Å². The van der Waals surface area contributed by atoms with Crippen molar-refractivity contribution in [2.45, 2.75) is 0 Å². The van der Waals surface area contributed by atoms with Crippen LogP contribution in [0, 0.1) is 5.82 Å². The fourth-order valence-electron chi connectivity index (χ4n) is 2.10. The average Bonchev–Trinajstić information content (AvgIpc) is 3.06. The highest BCUT2D eigenvalue weighted by molar-refractivity contribution is 6.02. The number of rotatable bonds is 4. The molecule has 1 amide bonds. The number of aromatic nitrogens is 3. The Balaban J connectivity index is 1.72. The summed E-state index contributed by atoms with van der Waals surface area (Å²) < 4.78 is 14.5. The van der Waals surface area contributed by atoms with E-state index in [1.165, 1.54) is 16.8 Å². The number of hydrogen-bond acceptors (Lipinski definition) is 4. The third kappa shape index (κ3) is 3.40. The van der Waals surface area contributed by atoms with E-state index in [0.717, 1.165) is 5.82 Å². The summed E-state index contributed by atoms with van der Waals surface area (Å²) in [5, 5.41) is 6.95. The molecule has 6 nitrogen and oxygen atoms in total. The first kappa shape index (κ1) is 15.7. The highest BCUT2D eigenvalue weighted by Crippen LogP contribution is 2.13. The van der Waals surface area contributed by atoms with E-state index < -0.39 is 0 Å². The Labute approximate surface area is 138 Å². The lowest BCUT2D eigenvalue weighted by atomic mass is 10.3. The van der Waals surface area contributed by atoms with Crippen molar-refractivity contribution in [1.29, 1.82) is 0 Å². The molecule has 0 aliphatic carbocycles. The van der Waals surface area contributed by atoms with Gasteiger partial charge < -0.3 is 10.2 Å². The lowest BCUT2D eigenvalue weighted by Crippen LogP contribution is -2.14. The summed E-state index contributed by atoms with van der Waals surface area (Å²) in [5.74, 6) is 0.140. The van der Waals surface area contributed by atoms with E-state index in [4.69, 9.17) is 0 Å². The van der Waals surface area contributed by atoms with Crippen LogP contribution in [0.1, 0.15) is 10.5 Å². The van der Waals surface area contributed by atoms with Gasteiger partial charge in [-0.3, -0.25) is 4.79 Å². The van der Waals surface area contributed by atoms with Gasteiger partial charge in [-0.2, -0.15) is 5.10 Å². The molecular formula is C17H16FN5O. The average molecular weight is 325 g/mol. The molecule has 122 valence electrons. The number of pyridine rings is 1. The fourth-order valence-corrected chi connectivity index (χ4v) is 2.10. The smallest absolute Gasteiger partial charge is 0.276 e. The number of benzene rings is 1. The van der Waals surface area contributed by atoms with E-state index in [0.29, 0.717) is 11.4 Å². The molecule has 0 saturated carbocycles. The summed E-state index contributed by atoms with van der Waals surface area (Å²) in [6, 6.07) is 11.1. The molecule has 3 rings (SSSR count). The normalized spacial score (nSPS) is 10.5. The van der Waals surface area contributed by atoms with E-state index in [9.17, 15) is 9.18 Å². The van der Waals surface area contributed by atoms with Crippen molar-refractivity contribution in [2.24, 2.45) is 0 Å². The zero-order chi connectivity index (χ0) is 17.1. The summed E-state index contributed by atoms with van der Waals surface area (Å²) in [4.78, 5) is 18.4. The highest BCUT2D eigenvalue weighted by atomic mass is 19.1. The molecule has 0 bridgehead atoms. The Morgan fingerprint density at radius 2 is 1.88 bits per heavy atom. The van der Waals surface area contributed by atoms with Crippen LogP contribution < -0.4 is 10.2 Å². The molecule has 7 heteroatoms. The zero-order valence-electron chi connectivity index (χ0n) is 13.3. The van der Waals surface area contributed by atoms with E-state index in [-0.39, 0.29) is 17.4 Å². The number of anilines is 2. The molecule has 0 spiro atoms. The molecule has 0 aliphatic heterocycles. The van der Waals surface area contributed by atoms with Crippen LogP contribution in [0.5, 0.6) is 0 Å². The maximum Gasteiger partial charge on any atom is 0.276 e. The van der Waals surface area contributed by atoms with E-state index in [1.807, 2.05) is 25.1 Å². The molecule has 2 heterocycles. The lowest BCUT2D eigenvalue weighted by molar-refractivity contribution is 0.102. The van der Waals surface area contributed by atoms with E-state index in [2.05, 4.69) is 15.4 Å². The largest absolute Gasteiger partial charge is 0.363 e. The third-order valence-corrected chi connectivity index (χ3v) is 3.38. The summed E-state index contributed by atoms with van der Waals surface area (Å²) in [6.45, 7) is 0. The molecule has 0 unspecified atom stereocenters. The Morgan fingerprint density at radius 1 is 1.12 bits per heavy atom. The van der Waals surface area contributed by atoms with E-state index >= 15 is 0 Å². The number of hydrogen-bond donors (Lipinski definition) is 1. The molecule has 1 N–H and O–H groups in total. The van der Waals surface area contributed by atoms with Crippen LogP contribution in [0.25, 0.3) is 5.69 Å². The van der Waals surface area contributed by atoms with Gasteiger partial charge in [0.25, 0.3) is 5.91 Å². The molecule has 0 aliphatic rings. The second-order valence-electron chi connectivity index (χ2n) is 5.38. The molecule has 2 aromatic heterocycles. The van der Waals surface area contributed by atoms with Crippen LogP contribution >= 0.6 is 0 Å². The van der Waals surface area contributed by atoms with Crippen LogP contribution in [-0.4, -0.2) is 34.8 Å². The van der Waals surface area contributed by atoms with Crippen molar-refractivity contribution in [1.82, 2.24) is 14.8 Å². The predicted octanol–water partition coefficient (Wildman–Crippen LogP) is 2.72. The van der Waals surface area contributed by atoms with Crippen molar-refractivity contribution >= 4 is 17.4 Å². The van der Waals surface area contributed by atoms with Gasteiger partial charge in [-0.15, -0.1) is 0 Å². The van der Waals surface area contributed by atoms with Crippen LogP contribution in [0.4, 0.5) is 15.9 Å². The summed E-state index contributed by atoms with van der Waals surface area (Å²) in [5.41, 5.74) is 1.52. The maximum atomic E-state index is 13.0. The molecule has 0 atom stereocenters. The number of carbonyl (C=O) groups excluding carboxylic acids is 1. The highest BCUT2D eigenvalue weighted by Gasteiger charge is 2.11. The molecule has 0 fully saturated rings. The van der Waals surface area contributed by atoms with Gasteiger partial charge in [0.05, 0.1) is 17.6 Å². The molecule has 3 aromatic rings. The summed E-state index contributed by atoms with van der Waals surface area (Å²) >= 11 is 0. The van der Waals surface area contributed by atoms with E-state index in [1.54, 1.807) is 36.7 Å². The minimum Gasteiger partial charge on any atom is -0.363 e. The van der Waals surface area contributed by atoms with Crippen molar-refractivity contribution in [2.75, 3.05) is 24.3 Å². The van der Waals surface area contributed by atoms with Gasteiger partial charge >= 0.3 is 0 Å². The molecule has 0 saturated heterocycles. The summed E-state index contributed by atoms with van der Waals surface area (Å²) in [7, 11) is 3.78. The monoisotopic (exact) mass is 325 g/mol. The number of amides is 1. The molecular weight excluding hydrogens is 309 g/mol. The Bertz CT molecular complexity index is 840. The van der Waals surface area contributed by atoms with Crippen molar-refractivity contribution in [3.8, 4) is 5.69 Å². The van der Waals surface area contributed by atoms with Crippen LogP contribution in [0.3, 0.4) is 0 Å². The van der Waals surface area contributed by atoms with Gasteiger partial charge in [0, 0.05) is 20.3 Å². The molecule has 0 radical (unpaired) electrons. The number of halogens is 1. The first-order valence-corrected chi connectivity index (χ1v) is 7.29. The topological polar surface area (TPSA) is 63.1 Å².